The summed E-state index contributed by atoms with van der Waals surface area (Å²) in [7, 11) is -0.598. The lowest BCUT2D eigenvalue weighted by atomic mass is 9.87. The number of aromatic amines is 1. The van der Waals surface area contributed by atoms with Gasteiger partial charge in [-0.25, -0.2) is 12.7 Å². The quantitative estimate of drug-likeness (QED) is 0.685. The number of sulfonamides is 1. The second kappa shape index (κ2) is 7.31. The molecule has 0 spiro atoms. The van der Waals surface area contributed by atoms with Crippen molar-refractivity contribution in [2.75, 3.05) is 19.4 Å². The molecule has 4 rings (SSSR count). The van der Waals surface area contributed by atoms with Crippen LogP contribution in [-0.2, 0) is 22.9 Å². The lowest BCUT2D eigenvalue weighted by Crippen LogP contribution is -2.22. The van der Waals surface area contributed by atoms with Crippen LogP contribution in [0.25, 0.3) is 10.9 Å². The van der Waals surface area contributed by atoms with Gasteiger partial charge in [0, 0.05) is 41.9 Å². The normalized spacial score (nSPS) is 16.8. The average molecular weight is 412 g/mol. The highest BCUT2D eigenvalue weighted by Gasteiger charge is 2.21. The molecule has 1 heterocycles. The summed E-state index contributed by atoms with van der Waals surface area (Å²) in [5.41, 5.74) is 4.64. The minimum atomic E-state index is -3.56. The van der Waals surface area contributed by atoms with E-state index in [4.69, 9.17) is 0 Å². The summed E-state index contributed by atoms with van der Waals surface area (Å²) < 4.78 is 25.8. The Morgan fingerprint density at radius 3 is 2.72 bits per heavy atom. The highest BCUT2D eigenvalue weighted by atomic mass is 32.2. The Hall–Kier alpha value is -2.64. The van der Waals surface area contributed by atoms with Gasteiger partial charge in [0.05, 0.1) is 4.90 Å². The molecule has 0 radical (unpaired) electrons. The molecule has 1 atom stereocenters. The molecule has 2 N–H and O–H groups in total. The average Bonchev–Trinajstić information content (AvgIpc) is 3.05. The number of nitrogens with zero attached hydrogens (tertiary/aromatic N) is 1. The van der Waals surface area contributed by atoms with Gasteiger partial charge in [-0.3, -0.25) is 4.79 Å². The van der Waals surface area contributed by atoms with Gasteiger partial charge in [0.1, 0.15) is 0 Å². The molecular formula is C22H25N3O3S. The van der Waals surface area contributed by atoms with Crippen molar-refractivity contribution in [2.24, 2.45) is 5.92 Å². The van der Waals surface area contributed by atoms with Gasteiger partial charge in [-0.1, -0.05) is 13.0 Å². The van der Waals surface area contributed by atoms with Crippen molar-refractivity contribution in [3.8, 4) is 0 Å². The Morgan fingerprint density at radius 1 is 1.17 bits per heavy atom. The van der Waals surface area contributed by atoms with Crippen LogP contribution in [0.3, 0.4) is 0 Å². The number of aryl methyl sites for hydroxylation is 1. The largest absolute Gasteiger partial charge is 0.358 e. The van der Waals surface area contributed by atoms with Crippen molar-refractivity contribution in [2.45, 2.75) is 31.1 Å². The van der Waals surface area contributed by atoms with E-state index in [-0.39, 0.29) is 10.8 Å². The Balaban J connectivity index is 1.62. The first-order valence-electron chi connectivity index (χ1n) is 9.73. The minimum absolute atomic E-state index is 0.143. The van der Waals surface area contributed by atoms with Crippen LogP contribution < -0.4 is 5.32 Å². The van der Waals surface area contributed by atoms with Crippen molar-refractivity contribution >= 4 is 32.5 Å². The fourth-order valence-electron chi connectivity index (χ4n) is 3.88. The molecular weight excluding hydrogens is 386 g/mol. The van der Waals surface area contributed by atoms with Gasteiger partial charge < -0.3 is 10.3 Å². The highest BCUT2D eigenvalue weighted by molar-refractivity contribution is 7.89. The number of carbonyl (C=O) groups excluding carboxylic acids is 1. The fraction of sp³-hybridized carbons (Fsp3) is 0.318. The summed E-state index contributed by atoms with van der Waals surface area (Å²) in [6.45, 7) is 2.26. The molecule has 7 heteroatoms. The fourth-order valence-corrected chi connectivity index (χ4v) is 4.83. The number of carbonyl (C=O) groups is 1. The van der Waals surface area contributed by atoms with Crippen LogP contribution in [0.2, 0.25) is 0 Å². The molecule has 0 fully saturated rings. The molecule has 1 aromatic heterocycles. The first-order valence-corrected chi connectivity index (χ1v) is 11.2. The zero-order valence-electron chi connectivity index (χ0n) is 16.8. The summed E-state index contributed by atoms with van der Waals surface area (Å²) in [6, 6.07) is 12.0. The molecule has 1 aliphatic rings. The Labute approximate surface area is 171 Å². The van der Waals surface area contributed by atoms with E-state index < -0.39 is 10.0 Å². The van der Waals surface area contributed by atoms with E-state index in [2.05, 4.69) is 17.2 Å². The van der Waals surface area contributed by atoms with E-state index >= 15 is 0 Å². The summed E-state index contributed by atoms with van der Waals surface area (Å²) in [4.78, 5) is 16.5. The number of amides is 1. The van der Waals surface area contributed by atoms with Crippen LogP contribution in [0.1, 0.15) is 35.0 Å². The van der Waals surface area contributed by atoms with Gasteiger partial charge in [0.2, 0.25) is 10.0 Å². The van der Waals surface area contributed by atoms with E-state index in [1.54, 1.807) is 18.2 Å². The number of anilines is 1. The topological polar surface area (TPSA) is 82.3 Å². The molecule has 3 aromatic rings. The number of hydrogen-bond acceptors (Lipinski definition) is 3. The number of nitrogens with one attached hydrogen (secondary N) is 2. The Morgan fingerprint density at radius 2 is 1.97 bits per heavy atom. The Kier molecular flexibility index (Phi) is 4.96. The van der Waals surface area contributed by atoms with Crippen molar-refractivity contribution < 1.29 is 13.2 Å². The van der Waals surface area contributed by atoms with Crippen LogP contribution >= 0.6 is 0 Å². The van der Waals surface area contributed by atoms with Gasteiger partial charge in [-0.2, -0.15) is 0 Å². The first-order chi connectivity index (χ1) is 13.8. The van der Waals surface area contributed by atoms with Crippen molar-refractivity contribution in [1.82, 2.24) is 9.29 Å². The van der Waals surface area contributed by atoms with Crippen molar-refractivity contribution in [1.29, 1.82) is 0 Å². The van der Waals surface area contributed by atoms with Crippen molar-refractivity contribution in [3.05, 3.63) is 59.3 Å². The van der Waals surface area contributed by atoms with Gasteiger partial charge in [-0.05, 0) is 67.1 Å². The van der Waals surface area contributed by atoms with Crippen LogP contribution in [0, 0.1) is 5.92 Å². The monoisotopic (exact) mass is 411 g/mol. The smallest absolute Gasteiger partial charge is 0.255 e. The highest BCUT2D eigenvalue weighted by Crippen LogP contribution is 2.32. The summed E-state index contributed by atoms with van der Waals surface area (Å²) in [5, 5.41) is 3.92. The molecule has 1 aliphatic carbocycles. The van der Waals surface area contributed by atoms with Gasteiger partial charge in [0.15, 0.2) is 0 Å². The second-order valence-corrected chi connectivity index (χ2v) is 10.1. The molecule has 0 aliphatic heterocycles. The van der Waals surface area contributed by atoms with E-state index in [0.29, 0.717) is 17.2 Å². The minimum Gasteiger partial charge on any atom is -0.358 e. The maximum atomic E-state index is 12.8. The molecule has 6 nitrogen and oxygen atoms in total. The van der Waals surface area contributed by atoms with Crippen molar-refractivity contribution in [3.63, 3.8) is 0 Å². The third-order valence-corrected chi connectivity index (χ3v) is 7.38. The zero-order chi connectivity index (χ0) is 20.8. The predicted octanol–water partition coefficient (Wildman–Crippen LogP) is 3.80. The maximum absolute atomic E-state index is 12.8. The standard InChI is InChI=1S/C22H25N3O3S/c1-14-7-9-20-18(11-14)19-12-15(8-10-21(19)24-20)22(26)23-16-5-4-6-17(13-16)29(27,28)25(2)3/h4-6,8,10,12-14,24H,7,9,11H2,1-3H3,(H,23,26)/t14-/m1/s1. The molecule has 0 saturated heterocycles. The van der Waals surface area contributed by atoms with Gasteiger partial charge >= 0.3 is 0 Å². The maximum Gasteiger partial charge on any atom is 0.255 e. The van der Waals surface area contributed by atoms with E-state index in [9.17, 15) is 13.2 Å². The SMILES string of the molecule is C[C@@H]1CCc2[nH]c3ccc(C(=O)Nc4cccc(S(=O)(=O)N(C)C)c4)cc3c2C1. The van der Waals surface area contributed by atoms with Crippen LogP contribution in [0.5, 0.6) is 0 Å². The molecule has 0 unspecified atom stereocenters. The number of benzene rings is 2. The summed E-state index contributed by atoms with van der Waals surface area (Å²) >= 11 is 0. The second-order valence-electron chi connectivity index (χ2n) is 7.96. The molecule has 2 aromatic carbocycles. The summed E-state index contributed by atoms with van der Waals surface area (Å²) in [5.74, 6) is 0.380. The summed E-state index contributed by atoms with van der Waals surface area (Å²) in [6.07, 6.45) is 3.24. The number of aromatic nitrogens is 1. The van der Waals surface area contributed by atoms with Crippen LogP contribution in [-0.4, -0.2) is 37.7 Å². The van der Waals surface area contributed by atoms with Crippen LogP contribution in [0.4, 0.5) is 5.69 Å². The third-order valence-electron chi connectivity index (χ3n) is 5.57. The predicted molar refractivity (Wildman–Crippen MR) is 115 cm³/mol. The van der Waals surface area contributed by atoms with Gasteiger partial charge in [0.25, 0.3) is 5.91 Å². The molecule has 0 bridgehead atoms. The lowest BCUT2D eigenvalue weighted by molar-refractivity contribution is 0.102. The number of rotatable bonds is 4. The lowest BCUT2D eigenvalue weighted by Gasteiger charge is -2.18. The van der Waals surface area contributed by atoms with Gasteiger partial charge in [-0.15, -0.1) is 0 Å². The van der Waals surface area contributed by atoms with E-state index in [1.165, 1.54) is 43.9 Å². The molecule has 152 valence electrons. The Bertz CT molecular complexity index is 1200. The third kappa shape index (κ3) is 3.68. The van der Waals surface area contributed by atoms with E-state index in [0.717, 1.165) is 28.0 Å². The molecule has 1 amide bonds. The van der Waals surface area contributed by atoms with E-state index in [1.807, 2.05) is 12.1 Å². The molecule has 0 saturated carbocycles. The number of fused-ring (bicyclic) bond motifs is 3. The van der Waals surface area contributed by atoms with Crippen LogP contribution in [0.15, 0.2) is 47.4 Å². The molecule has 29 heavy (non-hydrogen) atoms. The number of hydrogen-bond donors (Lipinski definition) is 2. The number of H-pyrrole nitrogens is 1. The first kappa shape index (κ1) is 19.7. The zero-order valence-corrected chi connectivity index (χ0v) is 17.6.